The number of halogens is 1. The Bertz CT molecular complexity index is 1250. The molecule has 4 rings (SSSR count). The Morgan fingerprint density at radius 2 is 1.69 bits per heavy atom. The number of nitrogens with zero attached hydrogens (tertiary/aromatic N) is 1. The van der Waals surface area contributed by atoms with Crippen LogP contribution in [0.5, 0.6) is 0 Å². The molecule has 0 aliphatic heterocycles. The molecule has 162 valence electrons. The highest BCUT2D eigenvalue weighted by molar-refractivity contribution is 9.10. The van der Waals surface area contributed by atoms with Gasteiger partial charge in [-0.2, -0.15) is 0 Å². The van der Waals surface area contributed by atoms with Crippen LogP contribution in [-0.2, 0) is 0 Å². The lowest BCUT2D eigenvalue weighted by molar-refractivity contribution is 0.0918. The Labute approximate surface area is 196 Å². The molecule has 4 aromatic rings. The smallest absolute Gasteiger partial charge is 0.252 e. The number of benzene rings is 3. The first-order valence-electron chi connectivity index (χ1n) is 10.6. The highest BCUT2D eigenvalue weighted by Crippen LogP contribution is 2.27. The Hall–Kier alpha value is -3.02. The van der Waals surface area contributed by atoms with Crippen LogP contribution in [0, 0.1) is 0 Å². The van der Waals surface area contributed by atoms with Crippen molar-refractivity contribution in [2.24, 2.45) is 0 Å². The maximum atomic E-state index is 13.1. The van der Waals surface area contributed by atoms with Crippen LogP contribution in [0.15, 0.2) is 83.3 Å². The fraction of sp³-hybridized carbons (Fsp3) is 0.185. The molecule has 0 fully saturated rings. The summed E-state index contributed by atoms with van der Waals surface area (Å²) in [4.78, 5) is 17.9. The summed E-state index contributed by atoms with van der Waals surface area (Å²) in [7, 11) is 0. The standard InChI is InChI=1S/C27H25BrN2O2/c1-17(2)18-10-12-19(13-11-18)26(31)16-29-27(32)23-15-25(20-6-5-7-21(28)14-20)30-24-9-4-3-8-22(23)24/h3-15,17,26,31H,16H2,1-2H3,(H,29,32). The summed E-state index contributed by atoms with van der Waals surface area (Å²) >= 11 is 3.50. The Kier molecular flexibility index (Phi) is 6.68. The average molecular weight is 489 g/mol. The van der Waals surface area contributed by atoms with Gasteiger partial charge in [0, 0.05) is 22.0 Å². The molecule has 5 heteroatoms. The van der Waals surface area contributed by atoms with Crippen LogP contribution >= 0.6 is 15.9 Å². The maximum Gasteiger partial charge on any atom is 0.252 e. The van der Waals surface area contributed by atoms with Gasteiger partial charge < -0.3 is 10.4 Å². The number of pyridine rings is 1. The van der Waals surface area contributed by atoms with Crippen molar-refractivity contribution in [3.63, 3.8) is 0 Å². The SMILES string of the molecule is CC(C)c1ccc(C(O)CNC(=O)c2cc(-c3cccc(Br)c3)nc3ccccc23)cc1. The van der Waals surface area contributed by atoms with E-state index in [1.165, 1.54) is 5.56 Å². The monoisotopic (exact) mass is 488 g/mol. The van der Waals surface area contributed by atoms with Crippen LogP contribution in [0.1, 0.15) is 47.4 Å². The fourth-order valence-electron chi connectivity index (χ4n) is 3.66. The van der Waals surface area contributed by atoms with Crippen LogP contribution in [0.4, 0.5) is 0 Å². The van der Waals surface area contributed by atoms with Gasteiger partial charge in [0.15, 0.2) is 0 Å². The summed E-state index contributed by atoms with van der Waals surface area (Å²) in [6.45, 7) is 4.39. The average Bonchev–Trinajstić information content (AvgIpc) is 2.81. The molecule has 32 heavy (non-hydrogen) atoms. The molecule has 0 radical (unpaired) electrons. The van der Waals surface area contributed by atoms with Crippen LogP contribution in [0.25, 0.3) is 22.2 Å². The summed E-state index contributed by atoms with van der Waals surface area (Å²) in [5, 5.41) is 14.3. The van der Waals surface area contributed by atoms with E-state index in [0.29, 0.717) is 11.5 Å². The van der Waals surface area contributed by atoms with Crippen molar-refractivity contribution in [3.05, 3.63) is 100 Å². The molecule has 0 spiro atoms. The molecular weight excluding hydrogens is 464 g/mol. The molecule has 2 N–H and O–H groups in total. The van der Waals surface area contributed by atoms with Crippen molar-refractivity contribution in [1.82, 2.24) is 10.3 Å². The van der Waals surface area contributed by atoms with E-state index in [-0.39, 0.29) is 12.5 Å². The lowest BCUT2D eigenvalue weighted by Crippen LogP contribution is -2.28. The predicted molar refractivity (Wildman–Crippen MR) is 133 cm³/mol. The molecule has 0 bridgehead atoms. The highest BCUT2D eigenvalue weighted by atomic mass is 79.9. The van der Waals surface area contributed by atoms with Gasteiger partial charge in [0.1, 0.15) is 0 Å². The molecule has 1 aromatic heterocycles. The molecule has 0 aliphatic carbocycles. The van der Waals surface area contributed by atoms with Crippen molar-refractivity contribution in [2.45, 2.75) is 25.9 Å². The van der Waals surface area contributed by atoms with Gasteiger partial charge in [-0.25, -0.2) is 4.98 Å². The molecule has 1 unspecified atom stereocenters. The third kappa shape index (κ3) is 4.90. The van der Waals surface area contributed by atoms with Crippen molar-refractivity contribution in [2.75, 3.05) is 6.54 Å². The summed E-state index contributed by atoms with van der Waals surface area (Å²) in [6.07, 6.45) is -0.780. The van der Waals surface area contributed by atoms with Gasteiger partial charge >= 0.3 is 0 Å². The van der Waals surface area contributed by atoms with Gasteiger partial charge in [0.25, 0.3) is 5.91 Å². The lowest BCUT2D eigenvalue weighted by Gasteiger charge is -2.15. The minimum absolute atomic E-state index is 0.128. The summed E-state index contributed by atoms with van der Waals surface area (Å²) in [6, 6.07) is 25.1. The van der Waals surface area contributed by atoms with Crippen LogP contribution in [-0.4, -0.2) is 22.5 Å². The second kappa shape index (κ2) is 9.63. The third-order valence-corrected chi connectivity index (χ3v) is 6.02. The van der Waals surface area contributed by atoms with E-state index in [2.05, 4.69) is 35.1 Å². The largest absolute Gasteiger partial charge is 0.387 e. The number of aliphatic hydroxyl groups excluding tert-OH is 1. The van der Waals surface area contributed by atoms with Crippen LogP contribution in [0.3, 0.4) is 0 Å². The number of aromatic nitrogens is 1. The normalized spacial score (nSPS) is 12.2. The minimum atomic E-state index is -0.780. The molecule has 1 amide bonds. The molecule has 1 heterocycles. The number of rotatable bonds is 6. The van der Waals surface area contributed by atoms with E-state index in [0.717, 1.165) is 32.2 Å². The number of aliphatic hydroxyl groups is 1. The van der Waals surface area contributed by atoms with Gasteiger partial charge in [-0.15, -0.1) is 0 Å². The number of nitrogens with one attached hydrogen (secondary N) is 1. The van der Waals surface area contributed by atoms with Crippen molar-refractivity contribution < 1.29 is 9.90 Å². The first-order valence-corrected chi connectivity index (χ1v) is 11.4. The van der Waals surface area contributed by atoms with Crippen molar-refractivity contribution in [3.8, 4) is 11.3 Å². The van der Waals surface area contributed by atoms with Gasteiger partial charge in [0.05, 0.1) is 22.9 Å². The number of hydrogen-bond acceptors (Lipinski definition) is 3. The molecule has 1 atom stereocenters. The molecule has 0 saturated heterocycles. The maximum absolute atomic E-state index is 13.1. The first kappa shape index (κ1) is 22.2. The van der Waals surface area contributed by atoms with E-state index in [9.17, 15) is 9.90 Å². The van der Waals surface area contributed by atoms with Crippen LogP contribution < -0.4 is 5.32 Å². The minimum Gasteiger partial charge on any atom is -0.387 e. The number of amides is 1. The zero-order valence-corrected chi connectivity index (χ0v) is 19.6. The second-order valence-corrected chi connectivity index (χ2v) is 9.05. The highest BCUT2D eigenvalue weighted by Gasteiger charge is 2.16. The predicted octanol–water partition coefficient (Wildman–Crippen LogP) is 6.25. The number of hydrogen-bond donors (Lipinski definition) is 2. The zero-order valence-electron chi connectivity index (χ0n) is 18.0. The quantitative estimate of drug-likeness (QED) is 0.337. The van der Waals surface area contributed by atoms with E-state index >= 15 is 0 Å². The Morgan fingerprint density at radius 1 is 0.969 bits per heavy atom. The number of carbonyl (C=O) groups excluding carboxylic acids is 1. The van der Waals surface area contributed by atoms with E-state index < -0.39 is 6.10 Å². The van der Waals surface area contributed by atoms with Crippen molar-refractivity contribution >= 4 is 32.7 Å². The first-order chi connectivity index (χ1) is 15.4. The summed E-state index contributed by atoms with van der Waals surface area (Å²) in [5.41, 5.74) is 4.93. The van der Waals surface area contributed by atoms with E-state index in [1.807, 2.05) is 78.9 Å². The van der Waals surface area contributed by atoms with E-state index in [4.69, 9.17) is 4.98 Å². The van der Waals surface area contributed by atoms with Crippen molar-refractivity contribution in [1.29, 1.82) is 0 Å². The Balaban J connectivity index is 1.58. The molecular formula is C27H25BrN2O2. The van der Waals surface area contributed by atoms with Gasteiger partial charge in [-0.3, -0.25) is 4.79 Å². The van der Waals surface area contributed by atoms with Gasteiger partial charge in [0.2, 0.25) is 0 Å². The number of para-hydroxylation sites is 1. The number of carbonyl (C=O) groups is 1. The Morgan fingerprint density at radius 3 is 2.41 bits per heavy atom. The zero-order chi connectivity index (χ0) is 22.7. The number of fused-ring (bicyclic) bond motifs is 1. The van der Waals surface area contributed by atoms with Gasteiger partial charge in [-0.1, -0.05) is 84.4 Å². The fourth-order valence-corrected chi connectivity index (χ4v) is 4.06. The van der Waals surface area contributed by atoms with Gasteiger partial charge in [-0.05, 0) is 41.3 Å². The summed E-state index contributed by atoms with van der Waals surface area (Å²) in [5.74, 6) is 0.193. The summed E-state index contributed by atoms with van der Waals surface area (Å²) < 4.78 is 0.947. The van der Waals surface area contributed by atoms with E-state index in [1.54, 1.807) is 0 Å². The van der Waals surface area contributed by atoms with Crippen LogP contribution in [0.2, 0.25) is 0 Å². The second-order valence-electron chi connectivity index (χ2n) is 8.13. The topological polar surface area (TPSA) is 62.2 Å². The molecule has 3 aromatic carbocycles. The molecule has 0 aliphatic rings. The third-order valence-electron chi connectivity index (χ3n) is 5.53. The molecule has 0 saturated carbocycles. The molecule has 4 nitrogen and oxygen atoms in total. The lowest BCUT2D eigenvalue weighted by atomic mass is 10.00.